The third kappa shape index (κ3) is 3.95. The first kappa shape index (κ1) is 19.7. The van der Waals surface area contributed by atoms with E-state index >= 15 is 0 Å². The maximum absolute atomic E-state index is 13.3. The molecule has 0 heterocycles. The molecule has 2 aromatic rings. The molecule has 2 nitrogen and oxygen atoms in total. The van der Waals surface area contributed by atoms with Crippen molar-refractivity contribution in [2.75, 3.05) is 0 Å². The van der Waals surface area contributed by atoms with E-state index in [4.69, 9.17) is 4.74 Å². The van der Waals surface area contributed by atoms with Gasteiger partial charge >= 0.3 is 5.97 Å². The van der Waals surface area contributed by atoms with Gasteiger partial charge in [-0.3, -0.25) is 0 Å². The molecule has 0 saturated heterocycles. The van der Waals surface area contributed by atoms with Gasteiger partial charge in [0.05, 0.1) is 5.56 Å². The molecule has 0 N–H and O–H groups in total. The number of fused-ring (bicyclic) bond motifs is 1. The number of aryl methyl sites for hydroxylation is 1. The van der Waals surface area contributed by atoms with Crippen molar-refractivity contribution in [3.05, 3.63) is 69.8 Å². The molecule has 2 heteroatoms. The van der Waals surface area contributed by atoms with Gasteiger partial charge in [-0.05, 0) is 58.4 Å². The number of ether oxygens (including phenoxy) is 1. The smallest absolute Gasteiger partial charge is 0.339 e. The summed E-state index contributed by atoms with van der Waals surface area (Å²) in [6.45, 7) is 13.0. The maximum atomic E-state index is 13.3. The molecule has 27 heavy (non-hydrogen) atoms. The van der Waals surface area contributed by atoms with Crippen LogP contribution >= 0.6 is 0 Å². The fraction of sp³-hybridized carbons (Fsp3) is 0.480. The molecule has 0 aliphatic heterocycles. The summed E-state index contributed by atoms with van der Waals surface area (Å²) in [7, 11) is 0. The van der Waals surface area contributed by atoms with Crippen molar-refractivity contribution in [2.45, 2.75) is 78.2 Å². The molecule has 144 valence electrons. The van der Waals surface area contributed by atoms with Crippen LogP contribution in [0.1, 0.15) is 110 Å². The number of hydrogen-bond acceptors (Lipinski definition) is 2. The van der Waals surface area contributed by atoms with Gasteiger partial charge in [0.2, 0.25) is 0 Å². The molecule has 3 rings (SSSR count). The van der Waals surface area contributed by atoms with Gasteiger partial charge in [0, 0.05) is 0 Å². The molecule has 1 aliphatic carbocycles. The summed E-state index contributed by atoms with van der Waals surface area (Å²) in [6.07, 6.45) is 1.73. The summed E-state index contributed by atoms with van der Waals surface area (Å²) in [5.41, 5.74) is 6.78. The minimum atomic E-state index is -0.167. The number of hydrogen-bond donors (Lipinski definition) is 0. The zero-order valence-electron chi connectivity index (χ0n) is 17.5. The second kappa shape index (κ2) is 7.88. The number of benzene rings is 2. The van der Waals surface area contributed by atoms with Crippen LogP contribution in [0.5, 0.6) is 0 Å². The largest absolute Gasteiger partial charge is 0.454 e. The minimum Gasteiger partial charge on any atom is -0.454 e. The van der Waals surface area contributed by atoms with E-state index in [1.165, 1.54) is 16.7 Å². The third-order valence-corrected chi connectivity index (χ3v) is 5.66. The predicted octanol–water partition coefficient (Wildman–Crippen LogP) is 6.90. The van der Waals surface area contributed by atoms with Crippen molar-refractivity contribution in [2.24, 2.45) is 0 Å². The summed E-state index contributed by atoms with van der Waals surface area (Å²) in [5.74, 6) is 0.824. The molecule has 0 radical (unpaired) electrons. The Labute approximate surface area is 164 Å². The van der Waals surface area contributed by atoms with E-state index < -0.39 is 0 Å². The van der Waals surface area contributed by atoms with Crippen molar-refractivity contribution >= 4 is 5.97 Å². The summed E-state index contributed by atoms with van der Waals surface area (Å²) < 4.78 is 6.07. The van der Waals surface area contributed by atoms with Crippen LogP contribution < -0.4 is 0 Å². The lowest BCUT2D eigenvalue weighted by molar-refractivity contribution is 0.0298. The Kier molecular flexibility index (Phi) is 5.74. The third-order valence-electron chi connectivity index (χ3n) is 5.66. The highest BCUT2D eigenvalue weighted by molar-refractivity contribution is 5.93. The minimum absolute atomic E-state index is 0.126. The fourth-order valence-electron chi connectivity index (χ4n) is 4.02. The lowest BCUT2D eigenvalue weighted by Crippen LogP contribution is -2.16. The molecule has 1 atom stereocenters. The Morgan fingerprint density at radius 2 is 1.52 bits per heavy atom. The topological polar surface area (TPSA) is 26.3 Å². The zero-order valence-corrected chi connectivity index (χ0v) is 17.5. The Morgan fingerprint density at radius 3 is 2.07 bits per heavy atom. The fourth-order valence-corrected chi connectivity index (χ4v) is 4.02. The van der Waals surface area contributed by atoms with Crippen LogP contribution in [0.4, 0.5) is 0 Å². The monoisotopic (exact) mass is 364 g/mol. The van der Waals surface area contributed by atoms with E-state index in [2.05, 4.69) is 71.9 Å². The average molecular weight is 365 g/mol. The van der Waals surface area contributed by atoms with Gasteiger partial charge in [0.15, 0.2) is 0 Å². The molecule has 0 amide bonds. The first-order valence-electron chi connectivity index (χ1n) is 10.3. The highest BCUT2D eigenvalue weighted by Gasteiger charge is 2.29. The van der Waals surface area contributed by atoms with E-state index in [1.807, 2.05) is 6.07 Å². The van der Waals surface area contributed by atoms with E-state index in [9.17, 15) is 4.79 Å². The Hall–Kier alpha value is -2.09. The van der Waals surface area contributed by atoms with Crippen LogP contribution in [-0.4, -0.2) is 5.97 Å². The molecule has 0 spiro atoms. The van der Waals surface area contributed by atoms with E-state index in [0.29, 0.717) is 5.92 Å². The number of esters is 1. The SMILES string of the molecule is CC(C)c1cc(C(C)C)c(C(=O)OC2CCc3ccccc32)c(C(C)C)c1. The van der Waals surface area contributed by atoms with Crippen LogP contribution in [0, 0.1) is 0 Å². The van der Waals surface area contributed by atoms with Crippen LogP contribution in [0.25, 0.3) is 0 Å². The molecule has 0 saturated carbocycles. The van der Waals surface area contributed by atoms with Gasteiger partial charge in [-0.15, -0.1) is 0 Å². The number of rotatable bonds is 5. The molecule has 1 aliphatic rings. The van der Waals surface area contributed by atoms with Gasteiger partial charge < -0.3 is 4.74 Å². The van der Waals surface area contributed by atoms with Gasteiger partial charge in [-0.1, -0.05) is 77.9 Å². The molecule has 0 fully saturated rings. The Morgan fingerprint density at radius 1 is 0.926 bits per heavy atom. The normalized spacial score (nSPS) is 16.3. The summed E-state index contributed by atoms with van der Waals surface area (Å²) in [4.78, 5) is 13.3. The van der Waals surface area contributed by atoms with Crippen molar-refractivity contribution in [1.29, 1.82) is 0 Å². The maximum Gasteiger partial charge on any atom is 0.339 e. The van der Waals surface area contributed by atoms with E-state index in [1.54, 1.807) is 0 Å². The molecule has 0 bridgehead atoms. The predicted molar refractivity (Wildman–Crippen MR) is 112 cm³/mol. The Balaban J connectivity index is 2.01. The second-order valence-corrected chi connectivity index (χ2v) is 8.67. The van der Waals surface area contributed by atoms with Crippen LogP contribution in [-0.2, 0) is 11.2 Å². The van der Waals surface area contributed by atoms with Crippen LogP contribution in [0.15, 0.2) is 36.4 Å². The average Bonchev–Trinajstić information content (AvgIpc) is 3.03. The molecule has 0 aromatic heterocycles. The summed E-state index contributed by atoms with van der Waals surface area (Å²) >= 11 is 0. The zero-order chi connectivity index (χ0) is 19.7. The number of carbonyl (C=O) groups is 1. The number of carbonyl (C=O) groups excluding carboxylic acids is 1. The standard InChI is InChI=1S/C25H32O2/c1-15(2)19-13-21(16(3)4)24(22(14-19)17(5)6)25(26)27-23-12-11-18-9-7-8-10-20(18)23/h7-10,13-17,23H,11-12H2,1-6H3. The molecular formula is C25H32O2. The van der Waals surface area contributed by atoms with Crippen molar-refractivity contribution < 1.29 is 9.53 Å². The van der Waals surface area contributed by atoms with E-state index in [0.717, 1.165) is 29.5 Å². The van der Waals surface area contributed by atoms with Gasteiger partial charge in [0.1, 0.15) is 6.10 Å². The highest BCUT2D eigenvalue weighted by atomic mass is 16.5. The lowest BCUT2D eigenvalue weighted by Gasteiger charge is -2.23. The summed E-state index contributed by atoms with van der Waals surface area (Å²) in [5, 5.41) is 0. The van der Waals surface area contributed by atoms with Gasteiger partial charge in [0.25, 0.3) is 0 Å². The van der Waals surface area contributed by atoms with Crippen molar-refractivity contribution in [1.82, 2.24) is 0 Å². The quantitative estimate of drug-likeness (QED) is 0.539. The van der Waals surface area contributed by atoms with Crippen molar-refractivity contribution in [3.63, 3.8) is 0 Å². The van der Waals surface area contributed by atoms with Crippen LogP contribution in [0.2, 0.25) is 0 Å². The first-order chi connectivity index (χ1) is 12.8. The Bertz CT molecular complexity index is 801. The molecule has 2 aromatic carbocycles. The van der Waals surface area contributed by atoms with Crippen molar-refractivity contribution in [3.8, 4) is 0 Å². The first-order valence-corrected chi connectivity index (χ1v) is 10.3. The summed E-state index contributed by atoms with van der Waals surface area (Å²) in [6, 6.07) is 12.7. The highest BCUT2D eigenvalue weighted by Crippen LogP contribution is 2.37. The van der Waals surface area contributed by atoms with Gasteiger partial charge in [-0.2, -0.15) is 0 Å². The molecule has 1 unspecified atom stereocenters. The van der Waals surface area contributed by atoms with Gasteiger partial charge in [-0.25, -0.2) is 4.79 Å². The molecular weight excluding hydrogens is 332 g/mol. The van der Waals surface area contributed by atoms with Crippen LogP contribution in [0.3, 0.4) is 0 Å². The lowest BCUT2D eigenvalue weighted by atomic mass is 9.84. The van der Waals surface area contributed by atoms with E-state index in [-0.39, 0.29) is 23.9 Å². The second-order valence-electron chi connectivity index (χ2n) is 8.67.